The largest absolute Gasteiger partial charge is 0.374 e. The topological polar surface area (TPSA) is 30.0 Å². The monoisotopic (exact) mass is 412 g/mol. The van der Waals surface area contributed by atoms with Crippen LogP contribution in [0.5, 0.6) is 0 Å². The second-order valence-electron chi connectivity index (χ2n) is 9.44. The van der Waals surface area contributed by atoms with Crippen LogP contribution in [0.2, 0.25) is 0 Å². The minimum atomic E-state index is 0.0389. The zero-order chi connectivity index (χ0) is 21.7. The van der Waals surface area contributed by atoms with Gasteiger partial charge in [-0.1, -0.05) is 42.5 Å². The highest BCUT2D eigenvalue weighted by Gasteiger charge is 2.45. The normalized spacial score (nSPS) is 20.2. The fourth-order valence-corrected chi connectivity index (χ4v) is 5.10. The molecule has 4 rings (SSSR count). The first-order valence-electron chi connectivity index (χ1n) is 11.7. The summed E-state index contributed by atoms with van der Waals surface area (Å²) >= 11 is 0. The molecule has 3 nitrogen and oxygen atoms in total. The van der Waals surface area contributed by atoms with Crippen molar-refractivity contribution in [1.82, 2.24) is 4.90 Å². The van der Waals surface area contributed by atoms with Crippen molar-refractivity contribution in [1.29, 1.82) is 5.26 Å². The number of rotatable bonds is 7. The lowest BCUT2D eigenvalue weighted by atomic mass is 9.77. The molecule has 0 bridgehead atoms. The maximum atomic E-state index is 9.14. The molecule has 0 saturated carbocycles. The van der Waals surface area contributed by atoms with Gasteiger partial charge in [-0.15, -0.1) is 0 Å². The van der Waals surface area contributed by atoms with Gasteiger partial charge in [-0.25, -0.2) is 4.58 Å². The molecule has 3 heteroatoms. The second-order valence-corrected chi connectivity index (χ2v) is 9.44. The summed E-state index contributed by atoms with van der Waals surface area (Å²) in [5, 5.41) is 9.14. The van der Waals surface area contributed by atoms with Crippen LogP contribution in [0, 0.1) is 17.2 Å². The Morgan fingerprint density at radius 3 is 2.39 bits per heavy atom. The van der Waals surface area contributed by atoms with E-state index in [0.29, 0.717) is 5.92 Å². The molecule has 1 unspecified atom stereocenters. The fourth-order valence-electron chi connectivity index (χ4n) is 5.10. The molecule has 1 fully saturated rings. The molecular weight excluding hydrogens is 378 g/mol. The Bertz CT molecular complexity index is 971. The Labute approximate surface area is 187 Å². The van der Waals surface area contributed by atoms with Gasteiger partial charge in [-0.05, 0) is 48.9 Å². The standard InChI is InChI=1S/C28H34N3/c1-28(2)26(21-24-12-14-25(22-29)15-13-24)27(30-17-6-7-18-30)16-20-31(28)19-8-11-23-9-4-3-5-10-23/h3-5,9-10,12-16,20,26H,6-8,11,17-19,21H2,1-2H3/q+1. The molecule has 2 aliphatic heterocycles. The van der Waals surface area contributed by atoms with Crippen molar-refractivity contribution in [3.63, 3.8) is 0 Å². The van der Waals surface area contributed by atoms with Crippen molar-refractivity contribution in [3.8, 4) is 6.07 Å². The van der Waals surface area contributed by atoms with Crippen molar-refractivity contribution < 1.29 is 4.58 Å². The smallest absolute Gasteiger partial charge is 0.165 e. The van der Waals surface area contributed by atoms with Gasteiger partial charge in [0.25, 0.3) is 0 Å². The molecule has 0 spiro atoms. The van der Waals surface area contributed by atoms with Crippen molar-refractivity contribution in [3.05, 3.63) is 83.1 Å². The molecule has 2 heterocycles. The van der Waals surface area contributed by atoms with Gasteiger partial charge in [0.2, 0.25) is 0 Å². The molecule has 0 aromatic heterocycles. The molecule has 2 aromatic carbocycles. The van der Waals surface area contributed by atoms with Gasteiger partial charge < -0.3 is 4.90 Å². The number of hydrogen-bond acceptors (Lipinski definition) is 2. The van der Waals surface area contributed by atoms with Gasteiger partial charge in [-0.2, -0.15) is 5.26 Å². The van der Waals surface area contributed by atoms with E-state index in [1.54, 1.807) is 0 Å². The summed E-state index contributed by atoms with van der Waals surface area (Å²) in [4.78, 5) is 2.61. The number of benzene rings is 2. The van der Waals surface area contributed by atoms with Crippen LogP contribution in [0.25, 0.3) is 0 Å². The fraction of sp³-hybridized carbons (Fsp3) is 0.429. The maximum Gasteiger partial charge on any atom is 0.165 e. The molecule has 1 atom stereocenters. The molecule has 1 saturated heterocycles. The number of allylic oxidation sites excluding steroid dienone is 1. The first kappa shape index (κ1) is 21.4. The molecular formula is C28H34N3+. The summed E-state index contributed by atoms with van der Waals surface area (Å²) in [6.07, 6.45) is 10.6. The molecule has 160 valence electrons. The first-order valence-corrected chi connectivity index (χ1v) is 11.7. The van der Waals surface area contributed by atoms with E-state index in [4.69, 9.17) is 5.26 Å². The predicted molar refractivity (Wildman–Crippen MR) is 127 cm³/mol. The summed E-state index contributed by atoms with van der Waals surface area (Å²) in [5.74, 6) is 0.431. The third-order valence-electron chi connectivity index (χ3n) is 7.08. The molecule has 2 aliphatic rings. The van der Waals surface area contributed by atoms with Gasteiger partial charge in [0.05, 0.1) is 17.6 Å². The Morgan fingerprint density at radius 2 is 1.71 bits per heavy atom. The van der Waals surface area contributed by atoms with E-state index in [-0.39, 0.29) is 5.54 Å². The van der Waals surface area contributed by atoms with Crippen molar-refractivity contribution in [2.24, 2.45) is 5.92 Å². The first-order chi connectivity index (χ1) is 15.1. The van der Waals surface area contributed by atoms with Crippen LogP contribution in [-0.4, -0.2) is 40.9 Å². The van der Waals surface area contributed by atoms with Crippen molar-refractivity contribution in [2.45, 2.75) is 51.5 Å². The molecule has 31 heavy (non-hydrogen) atoms. The van der Waals surface area contributed by atoms with E-state index in [9.17, 15) is 0 Å². The van der Waals surface area contributed by atoms with Crippen LogP contribution in [0.3, 0.4) is 0 Å². The second kappa shape index (κ2) is 9.52. The summed E-state index contributed by atoms with van der Waals surface area (Å²) in [6.45, 7) is 8.23. The zero-order valence-electron chi connectivity index (χ0n) is 18.9. The molecule has 0 aliphatic carbocycles. The number of aryl methyl sites for hydroxylation is 1. The lowest BCUT2D eigenvalue weighted by molar-refractivity contribution is -0.607. The molecule has 0 N–H and O–H groups in total. The number of likely N-dealkylation sites (tertiary alicyclic amines) is 1. The SMILES string of the molecule is CC1(C)C(Cc2ccc(C#N)cc2)C(N2CCCC2)=CC=[N+]1CCCc1ccccc1. The number of hydrogen-bond donors (Lipinski definition) is 0. The van der Waals surface area contributed by atoms with Crippen LogP contribution in [0.4, 0.5) is 0 Å². The van der Waals surface area contributed by atoms with E-state index in [2.05, 4.69) is 84.1 Å². The Balaban J connectivity index is 1.54. The van der Waals surface area contributed by atoms with E-state index >= 15 is 0 Å². The highest BCUT2D eigenvalue weighted by molar-refractivity contribution is 5.69. The Morgan fingerprint density at radius 1 is 1.00 bits per heavy atom. The Kier molecular flexibility index (Phi) is 6.56. The average molecular weight is 413 g/mol. The average Bonchev–Trinajstić information content (AvgIpc) is 3.32. The summed E-state index contributed by atoms with van der Waals surface area (Å²) in [7, 11) is 0. The van der Waals surface area contributed by atoms with E-state index in [1.807, 2.05) is 12.1 Å². The van der Waals surface area contributed by atoms with Gasteiger partial charge in [0.1, 0.15) is 6.54 Å². The van der Waals surface area contributed by atoms with Gasteiger partial charge in [-0.3, -0.25) is 0 Å². The lowest BCUT2D eigenvalue weighted by Crippen LogP contribution is -2.50. The van der Waals surface area contributed by atoms with E-state index < -0.39 is 0 Å². The highest BCUT2D eigenvalue weighted by atomic mass is 15.2. The molecule has 0 radical (unpaired) electrons. The third kappa shape index (κ3) is 4.90. The van der Waals surface area contributed by atoms with Crippen LogP contribution in [0.1, 0.15) is 49.8 Å². The highest BCUT2D eigenvalue weighted by Crippen LogP contribution is 2.36. The summed E-state index contributed by atoms with van der Waals surface area (Å²) in [6, 6.07) is 21.2. The summed E-state index contributed by atoms with van der Waals surface area (Å²) < 4.78 is 2.56. The van der Waals surface area contributed by atoms with Gasteiger partial charge >= 0.3 is 0 Å². The van der Waals surface area contributed by atoms with E-state index in [0.717, 1.165) is 31.4 Å². The van der Waals surface area contributed by atoms with Crippen LogP contribution in [0.15, 0.2) is 66.4 Å². The quantitative estimate of drug-likeness (QED) is 0.585. The summed E-state index contributed by atoms with van der Waals surface area (Å²) in [5.41, 5.74) is 4.99. The minimum Gasteiger partial charge on any atom is -0.374 e. The van der Waals surface area contributed by atoms with Crippen molar-refractivity contribution >= 4 is 6.21 Å². The van der Waals surface area contributed by atoms with Crippen molar-refractivity contribution in [2.75, 3.05) is 19.6 Å². The minimum absolute atomic E-state index is 0.0389. The van der Waals surface area contributed by atoms with Crippen LogP contribution < -0.4 is 0 Å². The Hall–Kier alpha value is -2.86. The number of nitrogens with zero attached hydrogens (tertiary/aromatic N) is 3. The lowest BCUT2D eigenvalue weighted by Gasteiger charge is -2.39. The maximum absolute atomic E-state index is 9.14. The van der Waals surface area contributed by atoms with Gasteiger partial charge in [0, 0.05) is 45.1 Å². The third-order valence-corrected chi connectivity index (χ3v) is 7.08. The number of nitriles is 1. The van der Waals surface area contributed by atoms with Gasteiger partial charge in [0.15, 0.2) is 11.8 Å². The predicted octanol–water partition coefficient (Wildman–Crippen LogP) is 5.20. The van der Waals surface area contributed by atoms with E-state index in [1.165, 1.54) is 42.8 Å². The van der Waals surface area contributed by atoms with Crippen LogP contribution in [-0.2, 0) is 12.8 Å². The zero-order valence-corrected chi connectivity index (χ0v) is 18.9. The molecule has 2 aromatic rings. The van der Waals surface area contributed by atoms with Crippen LogP contribution >= 0.6 is 0 Å². The molecule has 0 amide bonds.